The van der Waals surface area contributed by atoms with E-state index in [9.17, 15) is 0 Å². The predicted octanol–water partition coefficient (Wildman–Crippen LogP) is 2.23. The van der Waals surface area contributed by atoms with Crippen molar-refractivity contribution in [3.05, 3.63) is 23.7 Å². The number of anilines is 1. The van der Waals surface area contributed by atoms with Gasteiger partial charge in [-0.1, -0.05) is 12.1 Å². The van der Waals surface area contributed by atoms with Gasteiger partial charge in [0, 0.05) is 5.69 Å². The second-order valence-corrected chi connectivity index (χ2v) is 4.55. The van der Waals surface area contributed by atoms with Gasteiger partial charge >= 0.3 is 0 Å². The van der Waals surface area contributed by atoms with Gasteiger partial charge in [-0.15, -0.1) is 11.3 Å². The zero-order valence-electron chi connectivity index (χ0n) is 9.42. The first kappa shape index (κ1) is 11.7. The van der Waals surface area contributed by atoms with E-state index in [4.69, 9.17) is 10.9 Å². The van der Waals surface area contributed by atoms with Crippen LogP contribution in [0.1, 0.15) is 13.3 Å². The number of benzene rings is 1. The van der Waals surface area contributed by atoms with E-state index >= 15 is 0 Å². The number of hydrogen-bond acceptors (Lipinski definition) is 5. The van der Waals surface area contributed by atoms with Gasteiger partial charge in [-0.05, 0) is 24.6 Å². The van der Waals surface area contributed by atoms with Crippen LogP contribution in [0.2, 0.25) is 0 Å². The molecule has 0 saturated heterocycles. The van der Waals surface area contributed by atoms with Gasteiger partial charge in [0.2, 0.25) is 0 Å². The molecule has 5 nitrogen and oxygen atoms in total. The molecule has 0 bridgehead atoms. The molecular formula is C11H14N4OS. The van der Waals surface area contributed by atoms with Crippen LogP contribution in [0.25, 0.3) is 10.2 Å². The molecule has 1 unspecified atom stereocenters. The number of rotatable bonds is 4. The van der Waals surface area contributed by atoms with Gasteiger partial charge in [0.05, 0.1) is 21.8 Å². The van der Waals surface area contributed by atoms with Gasteiger partial charge < -0.3 is 16.3 Å². The average Bonchev–Trinajstić information content (AvgIpc) is 2.82. The summed E-state index contributed by atoms with van der Waals surface area (Å²) in [5.41, 5.74) is 9.34. The third-order valence-electron chi connectivity index (χ3n) is 2.55. The van der Waals surface area contributed by atoms with Crippen LogP contribution in [0.15, 0.2) is 28.9 Å². The van der Waals surface area contributed by atoms with Crippen LogP contribution < -0.4 is 11.1 Å². The number of aromatic nitrogens is 1. The summed E-state index contributed by atoms with van der Waals surface area (Å²) in [5.74, 6) is 0.192. The van der Waals surface area contributed by atoms with Crippen LogP contribution >= 0.6 is 11.3 Å². The smallest absolute Gasteiger partial charge is 0.161 e. The van der Waals surface area contributed by atoms with Crippen LogP contribution in [0.4, 0.5) is 5.69 Å². The molecule has 2 rings (SSSR count). The predicted molar refractivity (Wildman–Crippen MR) is 70.7 cm³/mol. The quantitative estimate of drug-likeness (QED) is 0.336. The van der Waals surface area contributed by atoms with Crippen molar-refractivity contribution in [2.45, 2.75) is 19.4 Å². The van der Waals surface area contributed by atoms with E-state index in [0.29, 0.717) is 0 Å². The maximum atomic E-state index is 8.67. The maximum Gasteiger partial charge on any atom is 0.161 e. The van der Waals surface area contributed by atoms with Crippen molar-refractivity contribution in [2.75, 3.05) is 5.32 Å². The summed E-state index contributed by atoms with van der Waals surface area (Å²) in [6, 6.07) is 5.74. The van der Waals surface area contributed by atoms with E-state index in [1.807, 2.05) is 30.6 Å². The maximum absolute atomic E-state index is 8.67. The van der Waals surface area contributed by atoms with E-state index in [1.54, 1.807) is 11.3 Å². The summed E-state index contributed by atoms with van der Waals surface area (Å²) < 4.78 is 1.12. The highest BCUT2D eigenvalue weighted by atomic mass is 32.1. The van der Waals surface area contributed by atoms with E-state index in [-0.39, 0.29) is 11.9 Å². The number of nitrogens with one attached hydrogen (secondary N) is 1. The van der Waals surface area contributed by atoms with Gasteiger partial charge in [0.15, 0.2) is 5.84 Å². The second kappa shape index (κ2) is 5.01. The third-order valence-corrected chi connectivity index (χ3v) is 3.34. The minimum atomic E-state index is -0.162. The van der Waals surface area contributed by atoms with Crippen LogP contribution in [-0.4, -0.2) is 22.1 Å². The minimum absolute atomic E-state index is 0.162. The first-order valence-electron chi connectivity index (χ1n) is 5.31. The van der Waals surface area contributed by atoms with Crippen molar-refractivity contribution < 1.29 is 5.21 Å². The van der Waals surface area contributed by atoms with Gasteiger partial charge in [-0.3, -0.25) is 0 Å². The first-order chi connectivity index (χ1) is 8.24. The van der Waals surface area contributed by atoms with Crippen molar-refractivity contribution >= 4 is 33.1 Å². The fraction of sp³-hybridized carbons (Fsp3) is 0.273. The Bertz CT molecular complexity index is 537. The fourth-order valence-electron chi connectivity index (χ4n) is 1.60. The lowest BCUT2D eigenvalue weighted by Gasteiger charge is -2.16. The minimum Gasteiger partial charge on any atom is -0.409 e. The molecule has 1 heterocycles. The second-order valence-electron chi connectivity index (χ2n) is 3.66. The zero-order valence-corrected chi connectivity index (χ0v) is 10.2. The van der Waals surface area contributed by atoms with Gasteiger partial charge in [0.25, 0.3) is 0 Å². The van der Waals surface area contributed by atoms with Crippen LogP contribution in [-0.2, 0) is 0 Å². The Kier molecular flexibility index (Phi) is 3.43. The van der Waals surface area contributed by atoms with Crippen molar-refractivity contribution in [3.8, 4) is 0 Å². The number of nitrogens with two attached hydrogens (primary N) is 1. The Morgan fingerprint density at radius 3 is 3.18 bits per heavy atom. The summed E-state index contributed by atoms with van der Waals surface area (Å²) in [7, 11) is 0. The Labute approximate surface area is 103 Å². The van der Waals surface area contributed by atoms with Gasteiger partial charge in [0.1, 0.15) is 0 Å². The molecule has 0 aliphatic rings. The number of fused-ring (bicyclic) bond motifs is 1. The standard InChI is InChI=1S/C11H14N4OS/c1-2-8(11(12)15-16)14-7-3-4-9-10(5-7)17-6-13-9/h3-6,8,14,16H,2H2,1H3,(H2,12,15). The van der Waals surface area contributed by atoms with E-state index in [2.05, 4.69) is 15.5 Å². The molecule has 0 amide bonds. The van der Waals surface area contributed by atoms with Gasteiger partial charge in [-0.2, -0.15) is 0 Å². The molecule has 2 aromatic rings. The zero-order chi connectivity index (χ0) is 12.3. The van der Waals surface area contributed by atoms with E-state index < -0.39 is 0 Å². The molecule has 0 aliphatic heterocycles. The van der Waals surface area contributed by atoms with Crippen molar-refractivity contribution in [1.82, 2.24) is 4.98 Å². The monoisotopic (exact) mass is 250 g/mol. The Hall–Kier alpha value is -1.82. The highest BCUT2D eigenvalue weighted by molar-refractivity contribution is 7.16. The number of amidine groups is 1. The average molecular weight is 250 g/mol. The van der Waals surface area contributed by atoms with Crippen molar-refractivity contribution in [2.24, 2.45) is 10.9 Å². The molecule has 90 valence electrons. The third kappa shape index (κ3) is 2.47. The van der Waals surface area contributed by atoms with Crippen molar-refractivity contribution in [1.29, 1.82) is 0 Å². The molecule has 0 fully saturated rings. The lowest BCUT2D eigenvalue weighted by molar-refractivity contribution is 0.316. The lowest BCUT2D eigenvalue weighted by atomic mass is 10.2. The molecule has 0 saturated carbocycles. The summed E-state index contributed by atoms with van der Waals surface area (Å²) in [5, 5.41) is 14.9. The number of nitrogens with zero attached hydrogens (tertiary/aromatic N) is 2. The molecule has 0 aliphatic carbocycles. The Balaban J connectivity index is 2.22. The number of thiazole rings is 1. The van der Waals surface area contributed by atoms with Crippen LogP contribution in [0.3, 0.4) is 0 Å². The summed E-state index contributed by atoms with van der Waals surface area (Å²) in [6.45, 7) is 1.97. The summed E-state index contributed by atoms with van der Waals surface area (Å²) >= 11 is 1.59. The lowest BCUT2D eigenvalue weighted by Crippen LogP contribution is -2.35. The highest BCUT2D eigenvalue weighted by Crippen LogP contribution is 2.22. The topological polar surface area (TPSA) is 83.5 Å². The molecule has 4 N–H and O–H groups in total. The van der Waals surface area contributed by atoms with E-state index in [0.717, 1.165) is 22.3 Å². The normalized spacial score (nSPS) is 13.8. The molecule has 0 radical (unpaired) electrons. The highest BCUT2D eigenvalue weighted by Gasteiger charge is 2.11. The molecular weight excluding hydrogens is 236 g/mol. The van der Waals surface area contributed by atoms with Crippen molar-refractivity contribution in [3.63, 3.8) is 0 Å². The molecule has 6 heteroatoms. The SMILES string of the molecule is CCC(Nc1ccc2ncsc2c1)/C(N)=N/O. The number of oxime groups is 1. The molecule has 1 atom stereocenters. The van der Waals surface area contributed by atoms with Crippen LogP contribution in [0, 0.1) is 0 Å². The molecule has 1 aromatic carbocycles. The Morgan fingerprint density at radius 2 is 2.47 bits per heavy atom. The number of hydrogen-bond donors (Lipinski definition) is 3. The van der Waals surface area contributed by atoms with E-state index in [1.165, 1.54) is 0 Å². The summed E-state index contributed by atoms with van der Waals surface area (Å²) in [6.07, 6.45) is 0.747. The molecule has 1 aromatic heterocycles. The summed E-state index contributed by atoms with van der Waals surface area (Å²) in [4.78, 5) is 4.21. The van der Waals surface area contributed by atoms with Crippen LogP contribution in [0.5, 0.6) is 0 Å². The molecule has 17 heavy (non-hydrogen) atoms. The van der Waals surface area contributed by atoms with Gasteiger partial charge in [-0.25, -0.2) is 4.98 Å². The first-order valence-corrected chi connectivity index (χ1v) is 6.19. The largest absolute Gasteiger partial charge is 0.409 e. The fourth-order valence-corrected chi connectivity index (χ4v) is 2.32. The Morgan fingerprint density at radius 1 is 1.65 bits per heavy atom. The molecule has 0 spiro atoms.